The summed E-state index contributed by atoms with van der Waals surface area (Å²) in [5.41, 5.74) is 0.740. The summed E-state index contributed by atoms with van der Waals surface area (Å²) in [5.74, 6) is -0.0572. The molecule has 1 fully saturated rings. The second-order valence-corrected chi connectivity index (χ2v) is 9.20. The van der Waals surface area contributed by atoms with E-state index < -0.39 is 5.82 Å². The fourth-order valence-electron chi connectivity index (χ4n) is 4.35. The Bertz CT molecular complexity index is 1430. The first-order valence-corrected chi connectivity index (χ1v) is 11.9. The predicted molar refractivity (Wildman–Crippen MR) is 138 cm³/mol. The molecule has 7 nitrogen and oxygen atoms in total. The van der Waals surface area contributed by atoms with Crippen LogP contribution < -0.4 is 14.9 Å². The third-order valence-electron chi connectivity index (χ3n) is 6.08. The average molecular weight is 498 g/mol. The number of rotatable bonds is 6. The van der Waals surface area contributed by atoms with Gasteiger partial charge in [-0.1, -0.05) is 35.9 Å². The van der Waals surface area contributed by atoms with Crippen molar-refractivity contribution >= 4 is 39.1 Å². The Balaban J connectivity index is 1.70. The molecule has 0 unspecified atom stereocenters. The Hall–Kier alpha value is -3.20. The number of halogens is 2. The summed E-state index contributed by atoms with van der Waals surface area (Å²) in [7, 11) is 3.87. The van der Waals surface area contributed by atoms with Crippen molar-refractivity contribution in [3.05, 3.63) is 53.3 Å². The maximum absolute atomic E-state index is 16.3. The third kappa shape index (κ3) is 4.69. The van der Waals surface area contributed by atoms with Crippen LogP contribution in [0.4, 0.5) is 10.2 Å². The van der Waals surface area contributed by atoms with Crippen LogP contribution in [0.2, 0.25) is 6.43 Å². The van der Waals surface area contributed by atoms with E-state index in [9.17, 15) is 5.11 Å². The van der Waals surface area contributed by atoms with Crippen LogP contribution in [0.3, 0.4) is 0 Å². The molecule has 1 aliphatic heterocycles. The van der Waals surface area contributed by atoms with Gasteiger partial charge in [0.25, 0.3) is 0 Å². The number of phenolic OH excluding ortho intramolecular Hbond substituents is 1. The highest BCUT2D eigenvalue weighted by Gasteiger charge is 2.24. The number of benzene rings is 3. The van der Waals surface area contributed by atoms with E-state index in [0.29, 0.717) is 56.1 Å². The van der Waals surface area contributed by atoms with E-state index in [2.05, 4.69) is 9.97 Å². The van der Waals surface area contributed by atoms with Gasteiger partial charge in [0.1, 0.15) is 25.1 Å². The maximum Gasteiger partial charge on any atom is 0.319 e. The highest BCUT2D eigenvalue weighted by molar-refractivity contribution is 6.35. The highest BCUT2D eigenvalue weighted by Crippen LogP contribution is 2.42. The van der Waals surface area contributed by atoms with Gasteiger partial charge in [-0.15, -0.1) is 0 Å². The number of ether oxygens (including phenoxy) is 1. The Morgan fingerprint density at radius 2 is 1.94 bits per heavy atom. The molecule has 0 amide bonds. The average Bonchev–Trinajstić information content (AvgIpc) is 2.84. The fourth-order valence-corrected chi connectivity index (χ4v) is 4.65. The second-order valence-electron chi connectivity index (χ2n) is 8.80. The lowest BCUT2D eigenvalue weighted by Crippen LogP contribution is -2.44. The molecule has 2 N–H and O–H groups in total. The topological polar surface area (TPSA) is 73.8 Å². The molecular weight excluding hydrogens is 469 g/mol. The van der Waals surface area contributed by atoms with Crippen molar-refractivity contribution in [2.24, 2.45) is 0 Å². The summed E-state index contributed by atoms with van der Waals surface area (Å²) in [6, 6.07) is 12.4. The van der Waals surface area contributed by atoms with Crippen LogP contribution in [0.1, 0.15) is 0 Å². The van der Waals surface area contributed by atoms with Gasteiger partial charge >= 0.3 is 6.01 Å². The van der Waals surface area contributed by atoms with Crippen molar-refractivity contribution in [1.82, 2.24) is 20.2 Å². The van der Waals surface area contributed by atoms with Crippen LogP contribution in [0, 0.1) is 5.82 Å². The third-order valence-corrected chi connectivity index (χ3v) is 6.38. The largest absolute Gasteiger partial charge is 0.508 e. The SMILES string of the molecule is [3H]N1CCN(c2nc(OCCN(C)C)nc3c(F)c(-c4cc(O)cc5ccccc45)c(Cl)cc23)CC1. The number of piperazine rings is 1. The van der Waals surface area contributed by atoms with E-state index in [1.807, 2.05) is 48.2 Å². The summed E-state index contributed by atoms with van der Waals surface area (Å²) >= 11 is 6.72. The van der Waals surface area contributed by atoms with Gasteiger partial charge in [0, 0.05) is 43.7 Å². The Labute approximate surface area is 209 Å². The molecule has 0 radical (unpaired) electrons. The Morgan fingerprint density at radius 3 is 2.71 bits per heavy atom. The Kier molecular flexibility index (Phi) is 6.24. The number of aromatic hydroxyl groups is 1. The molecule has 1 aliphatic rings. The van der Waals surface area contributed by atoms with Gasteiger partial charge < -0.3 is 25.0 Å². The number of fused-ring (bicyclic) bond motifs is 2. The van der Waals surface area contributed by atoms with Crippen molar-refractivity contribution in [2.45, 2.75) is 0 Å². The van der Waals surface area contributed by atoms with Crippen molar-refractivity contribution < 1.29 is 15.6 Å². The normalized spacial score (nSPS) is 15.2. The van der Waals surface area contributed by atoms with Gasteiger partial charge in [-0.25, -0.2) is 4.39 Å². The molecule has 4 aromatic rings. The van der Waals surface area contributed by atoms with Gasteiger partial charge in [-0.05, 0) is 48.6 Å². The first-order valence-electron chi connectivity index (χ1n) is 11.9. The van der Waals surface area contributed by atoms with Crippen molar-refractivity contribution in [3.8, 4) is 22.9 Å². The van der Waals surface area contributed by atoms with Crippen molar-refractivity contribution in [2.75, 3.05) is 58.3 Å². The minimum absolute atomic E-state index is 0.0172. The molecule has 0 aliphatic carbocycles. The van der Waals surface area contributed by atoms with E-state index in [1.165, 1.54) is 11.4 Å². The zero-order valence-electron chi connectivity index (χ0n) is 20.6. The predicted octanol–water partition coefficient (Wildman–Crippen LogP) is 4.30. The summed E-state index contributed by atoms with van der Waals surface area (Å²) in [6.07, 6.45) is 0. The summed E-state index contributed by atoms with van der Waals surface area (Å²) < 4.78 is 30.0. The van der Waals surface area contributed by atoms with Gasteiger partial charge in [0.15, 0.2) is 5.82 Å². The van der Waals surface area contributed by atoms with Crippen LogP contribution in [-0.2, 0) is 0 Å². The number of hydrogen-bond donors (Lipinski definition) is 2. The number of nitrogens with zero attached hydrogens (tertiary/aromatic N) is 4. The van der Waals surface area contributed by atoms with Crippen LogP contribution in [-0.4, -0.2) is 73.4 Å². The molecule has 2 heterocycles. The number of hydrogen-bond acceptors (Lipinski definition) is 7. The monoisotopic (exact) mass is 497 g/mol. The quantitative estimate of drug-likeness (QED) is 0.411. The number of nitrogens with one attached hydrogen (secondary N) is 1. The Morgan fingerprint density at radius 1 is 1.17 bits per heavy atom. The maximum atomic E-state index is 16.3. The smallest absolute Gasteiger partial charge is 0.319 e. The van der Waals surface area contributed by atoms with E-state index in [4.69, 9.17) is 17.7 Å². The van der Waals surface area contributed by atoms with E-state index in [-0.39, 0.29) is 27.9 Å². The lowest BCUT2D eigenvalue weighted by molar-refractivity contribution is 0.246. The molecular formula is C26H27ClFN5O2. The standard InChI is InChI=1S/C26H27ClFN5O2/c1-32(2)11-12-35-26-30-24-20(25(31-26)33-9-7-29-8-10-33)15-21(27)22(23(24)28)19-14-17(34)13-16-5-3-4-6-18(16)19/h3-6,13-15,29,34H,7-12H2,1-2H3/i/hT. The molecule has 35 heavy (non-hydrogen) atoms. The zero-order chi connectivity index (χ0) is 25.4. The zero-order valence-corrected chi connectivity index (χ0v) is 20.4. The number of anilines is 1. The first kappa shape index (κ1) is 22.3. The second kappa shape index (κ2) is 9.81. The summed E-state index contributed by atoms with van der Waals surface area (Å²) in [5, 5.41) is 14.0. The van der Waals surface area contributed by atoms with Gasteiger partial charge in [-0.2, -0.15) is 9.97 Å². The van der Waals surface area contributed by atoms with Crippen LogP contribution in [0.5, 0.6) is 11.8 Å². The molecule has 3 aromatic carbocycles. The van der Waals surface area contributed by atoms with E-state index >= 15 is 4.39 Å². The molecule has 0 spiro atoms. The molecule has 1 aromatic heterocycles. The van der Waals surface area contributed by atoms with Gasteiger partial charge in [0.05, 0.1) is 5.02 Å². The fraction of sp³-hybridized carbons (Fsp3) is 0.308. The summed E-state index contributed by atoms with van der Waals surface area (Å²) in [4.78, 5) is 13.1. The molecule has 0 atom stereocenters. The molecule has 9 heteroatoms. The van der Waals surface area contributed by atoms with Crippen molar-refractivity contribution in [3.63, 3.8) is 0 Å². The number of phenols is 1. The molecule has 1 saturated heterocycles. The van der Waals surface area contributed by atoms with E-state index in [0.717, 1.165) is 10.8 Å². The summed E-state index contributed by atoms with van der Waals surface area (Å²) in [6.45, 7) is 3.18. The van der Waals surface area contributed by atoms with Crippen LogP contribution in [0.25, 0.3) is 32.8 Å². The lowest BCUT2D eigenvalue weighted by atomic mass is 9.96. The van der Waals surface area contributed by atoms with Gasteiger partial charge in [-0.3, -0.25) is 0 Å². The minimum atomic E-state index is -0.603. The molecule has 182 valence electrons. The lowest BCUT2D eigenvalue weighted by Gasteiger charge is -2.29. The molecule has 0 bridgehead atoms. The van der Waals surface area contributed by atoms with Gasteiger partial charge in [0.2, 0.25) is 0 Å². The molecule has 5 rings (SSSR count). The number of likely N-dealkylation sites (N-methyl/N-ethyl adjacent to an activating group) is 1. The van der Waals surface area contributed by atoms with E-state index in [1.54, 1.807) is 12.1 Å². The van der Waals surface area contributed by atoms with Crippen LogP contribution >= 0.6 is 11.6 Å². The molecule has 0 saturated carbocycles. The van der Waals surface area contributed by atoms with Crippen molar-refractivity contribution in [1.29, 1.82) is 0 Å². The highest BCUT2D eigenvalue weighted by atomic mass is 35.5. The first-order chi connectivity index (χ1) is 17.3. The minimum Gasteiger partial charge on any atom is -0.508 e. The van der Waals surface area contributed by atoms with Crippen LogP contribution in [0.15, 0.2) is 42.5 Å². The number of aromatic nitrogens is 2.